The zero-order valence-corrected chi connectivity index (χ0v) is 17.7. The third-order valence-corrected chi connectivity index (χ3v) is 5.79. The minimum Gasteiger partial charge on any atom is -0.346 e. The number of hydrogen-bond acceptors (Lipinski definition) is 2. The first-order valence-corrected chi connectivity index (χ1v) is 10.2. The summed E-state index contributed by atoms with van der Waals surface area (Å²) >= 11 is 5.66. The molecule has 4 heteroatoms. The van der Waals surface area contributed by atoms with Gasteiger partial charge in [0.15, 0.2) is 5.11 Å². The lowest BCUT2D eigenvalue weighted by atomic mass is 9.87. The Hall–Kier alpha value is -1.91. The molecule has 1 aliphatic heterocycles. The summed E-state index contributed by atoms with van der Waals surface area (Å²) in [6.07, 6.45) is 0. The topological polar surface area (TPSA) is 18.5 Å². The monoisotopic (exact) mass is 381 g/mol. The molecule has 1 N–H and O–H groups in total. The Kier molecular flexibility index (Phi) is 6.18. The van der Waals surface area contributed by atoms with Crippen LogP contribution in [0, 0.1) is 0 Å². The SMILES string of the molecule is CC(c1ccccc1)N1CCN(C(=S)Nc2ccc(C(C)(C)C)cc2)CC1. The Labute approximate surface area is 169 Å². The minimum atomic E-state index is 0.171. The fourth-order valence-electron chi connectivity index (χ4n) is 3.51. The van der Waals surface area contributed by atoms with Gasteiger partial charge in [-0.25, -0.2) is 0 Å². The van der Waals surface area contributed by atoms with Crippen molar-refractivity contribution in [3.8, 4) is 0 Å². The Morgan fingerprint density at radius 3 is 2.07 bits per heavy atom. The fraction of sp³-hybridized carbons (Fsp3) is 0.435. The molecule has 1 atom stereocenters. The van der Waals surface area contributed by atoms with Crippen LogP contribution in [0.3, 0.4) is 0 Å². The van der Waals surface area contributed by atoms with Gasteiger partial charge in [0, 0.05) is 37.9 Å². The van der Waals surface area contributed by atoms with Crippen LogP contribution in [0.1, 0.15) is 44.9 Å². The third-order valence-electron chi connectivity index (χ3n) is 5.43. The van der Waals surface area contributed by atoms with E-state index in [-0.39, 0.29) is 5.41 Å². The number of anilines is 1. The lowest BCUT2D eigenvalue weighted by Gasteiger charge is -2.39. The molecule has 2 aromatic carbocycles. The highest BCUT2D eigenvalue weighted by Crippen LogP contribution is 2.24. The van der Waals surface area contributed by atoms with Gasteiger partial charge in [-0.3, -0.25) is 4.90 Å². The van der Waals surface area contributed by atoms with Crippen molar-refractivity contribution < 1.29 is 0 Å². The molecule has 3 rings (SSSR count). The number of hydrogen-bond donors (Lipinski definition) is 1. The van der Waals surface area contributed by atoms with Crippen LogP contribution in [0.25, 0.3) is 0 Å². The number of rotatable bonds is 3. The molecule has 0 bridgehead atoms. The van der Waals surface area contributed by atoms with E-state index in [4.69, 9.17) is 12.2 Å². The van der Waals surface area contributed by atoms with Gasteiger partial charge in [-0.1, -0.05) is 63.2 Å². The van der Waals surface area contributed by atoms with Crippen LogP contribution < -0.4 is 5.32 Å². The molecule has 3 nitrogen and oxygen atoms in total. The summed E-state index contributed by atoms with van der Waals surface area (Å²) in [6.45, 7) is 13.0. The van der Waals surface area contributed by atoms with E-state index in [1.165, 1.54) is 11.1 Å². The smallest absolute Gasteiger partial charge is 0.173 e. The molecular formula is C23H31N3S. The predicted molar refractivity (Wildman–Crippen MR) is 119 cm³/mol. The summed E-state index contributed by atoms with van der Waals surface area (Å²) in [5, 5.41) is 4.23. The molecule has 0 amide bonds. The van der Waals surface area contributed by atoms with Crippen molar-refractivity contribution in [3.63, 3.8) is 0 Å². The van der Waals surface area contributed by atoms with Crippen molar-refractivity contribution in [3.05, 3.63) is 65.7 Å². The van der Waals surface area contributed by atoms with Crippen molar-refractivity contribution in [1.82, 2.24) is 9.80 Å². The van der Waals surface area contributed by atoms with Crippen molar-refractivity contribution in [2.75, 3.05) is 31.5 Å². The molecule has 0 saturated carbocycles. The number of nitrogens with one attached hydrogen (secondary N) is 1. The van der Waals surface area contributed by atoms with Gasteiger partial charge in [0.2, 0.25) is 0 Å². The highest BCUT2D eigenvalue weighted by Gasteiger charge is 2.23. The van der Waals surface area contributed by atoms with Gasteiger partial charge in [-0.05, 0) is 47.8 Å². The van der Waals surface area contributed by atoms with Gasteiger partial charge in [-0.2, -0.15) is 0 Å². The third kappa shape index (κ3) is 5.08. The summed E-state index contributed by atoms with van der Waals surface area (Å²) < 4.78 is 0. The lowest BCUT2D eigenvalue weighted by molar-refractivity contribution is 0.142. The minimum absolute atomic E-state index is 0.171. The molecule has 2 aromatic rings. The maximum atomic E-state index is 5.66. The maximum absolute atomic E-state index is 5.66. The van der Waals surface area contributed by atoms with E-state index in [0.29, 0.717) is 6.04 Å². The molecule has 1 fully saturated rings. The average molecular weight is 382 g/mol. The largest absolute Gasteiger partial charge is 0.346 e. The first-order valence-electron chi connectivity index (χ1n) is 9.80. The van der Waals surface area contributed by atoms with Crippen LogP contribution in [-0.4, -0.2) is 41.1 Å². The first-order chi connectivity index (χ1) is 12.8. The molecule has 144 valence electrons. The standard InChI is InChI=1S/C23H31N3S/c1-18(19-8-6-5-7-9-19)25-14-16-26(17-15-25)22(27)24-21-12-10-20(11-13-21)23(2,3)4/h5-13,18H,14-17H2,1-4H3,(H,24,27). The van der Waals surface area contributed by atoms with E-state index in [9.17, 15) is 0 Å². The second-order valence-electron chi connectivity index (χ2n) is 8.37. The van der Waals surface area contributed by atoms with Crippen LogP contribution >= 0.6 is 12.2 Å². The molecule has 0 aromatic heterocycles. The molecule has 1 aliphatic rings. The van der Waals surface area contributed by atoms with E-state index < -0.39 is 0 Å². The van der Waals surface area contributed by atoms with Crippen LogP contribution in [0.2, 0.25) is 0 Å². The Balaban J connectivity index is 1.53. The van der Waals surface area contributed by atoms with Crippen molar-refractivity contribution in [2.45, 2.75) is 39.2 Å². The van der Waals surface area contributed by atoms with Crippen molar-refractivity contribution in [2.24, 2.45) is 0 Å². The number of nitrogens with zero attached hydrogens (tertiary/aromatic N) is 2. The molecule has 27 heavy (non-hydrogen) atoms. The van der Waals surface area contributed by atoms with Gasteiger partial charge < -0.3 is 10.2 Å². The van der Waals surface area contributed by atoms with Crippen LogP contribution in [-0.2, 0) is 5.41 Å². The summed E-state index contributed by atoms with van der Waals surface area (Å²) in [6, 6.07) is 19.8. The van der Waals surface area contributed by atoms with Crippen molar-refractivity contribution in [1.29, 1.82) is 0 Å². The molecule has 1 heterocycles. The van der Waals surface area contributed by atoms with Gasteiger partial charge in [-0.15, -0.1) is 0 Å². The summed E-state index contributed by atoms with van der Waals surface area (Å²) in [7, 11) is 0. The van der Waals surface area contributed by atoms with Crippen molar-refractivity contribution >= 4 is 23.0 Å². The highest BCUT2D eigenvalue weighted by molar-refractivity contribution is 7.80. The van der Waals surface area contributed by atoms with Gasteiger partial charge in [0.1, 0.15) is 0 Å². The highest BCUT2D eigenvalue weighted by atomic mass is 32.1. The second-order valence-corrected chi connectivity index (χ2v) is 8.75. The molecule has 1 saturated heterocycles. The zero-order chi connectivity index (χ0) is 19.4. The summed E-state index contributed by atoms with van der Waals surface area (Å²) in [5.74, 6) is 0. The lowest BCUT2D eigenvalue weighted by Crippen LogP contribution is -2.50. The normalized spacial score (nSPS) is 16.8. The van der Waals surface area contributed by atoms with E-state index in [2.05, 4.69) is 97.4 Å². The zero-order valence-electron chi connectivity index (χ0n) is 16.9. The van der Waals surface area contributed by atoms with Gasteiger partial charge >= 0.3 is 0 Å². The molecule has 0 spiro atoms. The quantitative estimate of drug-likeness (QED) is 0.749. The number of benzene rings is 2. The number of piperazine rings is 1. The summed E-state index contributed by atoms with van der Waals surface area (Å²) in [5.41, 5.74) is 3.95. The van der Waals surface area contributed by atoms with E-state index in [0.717, 1.165) is 37.0 Å². The fourth-order valence-corrected chi connectivity index (χ4v) is 3.81. The molecule has 0 radical (unpaired) electrons. The van der Waals surface area contributed by atoms with Gasteiger partial charge in [0.25, 0.3) is 0 Å². The first kappa shape index (κ1) is 19.8. The summed E-state index contributed by atoms with van der Waals surface area (Å²) in [4.78, 5) is 4.81. The predicted octanol–water partition coefficient (Wildman–Crippen LogP) is 5.06. The molecule has 1 unspecified atom stereocenters. The van der Waals surface area contributed by atoms with Crippen LogP contribution in [0.15, 0.2) is 54.6 Å². The maximum Gasteiger partial charge on any atom is 0.173 e. The van der Waals surface area contributed by atoms with Crippen LogP contribution in [0.4, 0.5) is 5.69 Å². The van der Waals surface area contributed by atoms with E-state index in [1.807, 2.05) is 0 Å². The number of thiocarbonyl (C=S) groups is 1. The molecular weight excluding hydrogens is 350 g/mol. The van der Waals surface area contributed by atoms with E-state index in [1.54, 1.807) is 0 Å². The second kappa shape index (κ2) is 8.41. The van der Waals surface area contributed by atoms with Gasteiger partial charge in [0.05, 0.1) is 0 Å². The molecule has 0 aliphatic carbocycles. The van der Waals surface area contributed by atoms with E-state index >= 15 is 0 Å². The van der Waals surface area contributed by atoms with Crippen LogP contribution in [0.5, 0.6) is 0 Å². The average Bonchev–Trinajstić information content (AvgIpc) is 2.68. The Morgan fingerprint density at radius 1 is 0.926 bits per heavy atom. The Bertz CT molecular complexity index is 741. The Morgan fingerprint density at radius 2 is 1.52 bits per heavy atom.